The number of thiocarbonyl (C=S) groups is 1. The van der Waals surface area contributed by atoms with Gasteiger partial charge in [0, 0.05) is 0 Å². The van der Waals surface area contributed by atoms with Gasteiger partial charge in [0.2, 0.25) is 0 Å². The van der Waals surface area contributed by atoms with Crippen LogP contribution in [0, 0.1) is 5.82 Å². The van der Waals surface area contributed by atoms with Crippen LogP contribution in [-0.2, 0) is 6.61 Å². The molecule has 0 amide bonds. The van der Waals surface area contributed by atoms with E-state index < -0.39 is 5.82 Å². The van der Waals surface area contributed by atoms with Crippen LogP contribution in [0.5, 0.6) is 11.5 Å². The van der Waals surface area contributed by atoms with E-state index in [4.69, 9.17) is 39.0 Å². The minimum Gasteiger partial charge on any atom is -0.496 e. The second kappa shape index (κ2) is 6.74. The van der Waals surface area contributed by atoms with Gasteiger partial charge in [-0.05, 0) is 29.8 Å². The highest BCUT2D eigenvalue weighted by Gasteiger charge is 2.10. The molecule has 21 heavy (non-hydrogen) atoms. The standard InChI is InChI=1S/C15H13ClFNO2S/c1-19-13-7-9(5-6-10(13)15(18)21)8-20-12-4-2-3-11(16)14(12)17/h2-7H,8H2,1H3,(H2,18,21). The number of rotatable bonds is 5. The summed E-state index contributed by atoms with van der Waals surface area (Å²) in [6.45, 7) is 0.172. The van der Waals surface area contributed by atoms with E-state index in [9.17, 15) is 4.39 Å². The fraction of sp³-hybridized carbons (Fsp3) is 0.133. The number of halogens is 2. The van der Waals surface area contributed by atoms with Gasteiger partial charge in [0.1, 0.15) is 17.3 Å². The molecule has 0 unspecified atom stereocenters. The Balaban J connectivity index is 2.17. The highest BCUT2D eigenvalue weighted by atomic mass is 35.5. The van der Waals surface area contributed by atoms with Gasteiger partial charge >= 0.3 is 0 Å². The van der Waals surface area contributed by atoms with E-state index in [1.807, 2.05) is 0 Å². The Bertz CT molecular complexity index is 679. The largest absolute Gasteiger partial charge is 0.496 e. The van der Waals surface area contributed by atoms with Crippen LogP contribution in [0.1, 0.15) is 11.1 Å². The van der Waals surface area contributed by atoms with E-state index in [1.54, 1.807) is 24.3 Å². The van der Waals surface area contributed by atoms with Crippen molar-refractivity contribution in [2.75, 3.05) is 7.11 Å². The first-order valence-corrected chi connectivity index (χ1v) is 6.85. The molecule has 0 spiro atoms. The number of ether oxygens (including phenoxy) is 2. The van der Waals surface area contributed by atoms with Crippen molar-refractivity contribution in [2.45, 2.75) is 6.61 Å². The predicted molar refractivity (Wildman–Crippen MR) is 84.6 cm³/mol. The van der Waals surface area contributed by atoms with E-state index in [1.165, 1.54) is 19.2 Å². The van der Waals surface area contributed by atoms with Gasteiger partial charge < -0.3 is 15.2 Å². The summed E-state index contributed by atoms with van der Waals surface area (Å²) in [5.41, 5.74) is 7.04. The molecule has 3 nitrogen and oxygen atoms in total. The molecule has 0 bridgehead atoms. The summed E-state index contributed by atoms with van der Waals surface area (Å²) < 4.78 is 24.4. The zero-order valence-electron chi connectivity index (χ0n) is 11.2. The lowest BCUT2D eigenvalue weighted by Crippen LogP contribution is -2.11. The first-order valence-electron chi connectivity index (χ1n) is 6.06. The Morgan fingerprint density at radius 2 is 2.05 bits per heavy atom. The minimum absolute atomic E-state index is 0.0221. The molecule has 2 rings (SSSR count). The lowest BCUT2D eigenvalue weighted by molar-refractivity contribution is 0.289. The molecule has 2 N–H and O–H groups in total. The van der Waals surface area contributed by atoms with Gasteiger partial charge in [-0.15, -0.1) is 0 Å². The van der Waals surface area contributed by atoms with Gasteiger partial charge in [-0.1, -0.05) is 36.0 Å². The topological polar surface area (TPSA) is 44.5 Å². The van der Waals surface area contributed by atoms with Gasteiger partial charge in [-0.25, -0.2) is 4.39 Å². The molecule has 0 saturated heterocycles. The summed E-state index contributed by atoms with van der Waals surface area (Å²) in [6.07, 6.45) is 0. The summed E-state index contributed by atoms with van der Waals surface area (Å²) in [4.78, 5) is 0.250. The number of nitrogens with two attached hydrogens (primary N) is 1. The molecular formula is C15H13ClFNO2S. The molecular weight excluding hydrogens is 313 g/mol. The zero-order valence-corrected chi connectivity index (χ0v) is 12.8. The maximum atomic E-state index is 13.7. The van der Waals surface area contributed by atoms with Crippen LogP contribution in [0.4, 0.5) is 4.39 Å². The molecule has 0 aliphatic carbocycles. The van der Waals surface area contributed by atoms with E-state index >= 15 is 0 Å². The van der Waals surface area contributed by atoms with Crippen LogP contribution in [0.3, 0.4) is 0 Å². The van der Waals surface area contributed by atoms with E-state index in [2.05, 4.69) is 0 Å². The fourth-order valence-corrected chi connectivity index (χ4v) is 2.12. The van der Waals surface area contributed by atoms with Crippen LogP contribution < -0.4 is 15.2 Å². The second-order valence-corrected chi connectivity index (χ2v) is 5.09. The molecule has 0 heterocycles. The van der Waals surface area contributed by atoms with Crippen molar-refractivity contribution in [3.05, 3.63) is 58.4 Å². The molecule has 2 aromatic rings. The van der Waals surface area contributed by atoms with Crippen LogP contribution in [0.15, 0.2) is 36.4 Å². The molecule has 2 aromatic carbocycles. The molecule has 110 valence electrons. The van der Waals surface area contributed by atoms with Gasteiger partial charge in [0.15, 0.2) is 11.6 Å². The maximum Gasteiger partial charge on any atom is 0.183 e. The van der Waals surface area contributed by atoms with E-state index in [0.29, 0.717) is 11.3 Å². The first-order chi connectivity index (χ1) is 10.0. The second-order valence-electron chi connectivity index (χ2n) is 4.24. The Hall–Kier alpha value is -1.85. The third-order valence-electron chi connectivity index (χ3n) is 2.84. The van der Waals surface area contributed by atoms with Crippen molar-refractivity contribution in [2.24, 2.45) is 5.73 Å². The Morgan fingerprint density at radius 3 is 2.71 bits per heavy atom. The van der Waals surface area contributed by atoms with Gasteiger partial charge in [0.05, 0.1) is 17.7 Å². The summed E-state index contributed by atoms with van der Waals surface area (Å²) in [6, 6.07) is 9.88. The molecule has 0 radical (unpaired) electrons. The number of hydrogen-bond acceptors (Lipinski definition) is 3. The summed E-state index contributed by atoms with van der Waals surface area (Å²) in [7, 11) is 1.53. The molecule has 0 aromatic heterocycles. The zero-order chi connectivity index (χ0) is 15.4. The Morgan fingerprint density at radius 1 is 1.29 bits per heavy atom. The average molecular weight is 326 g/mol. The van der Waals surface area contributed by atoms with Gasteiger partial charge in [-0.2, -0.15) is 0 Å². The molecule has 0 aliphatic heterocycles. The van der Waals surface area contributed by atoms with Crippen LogP contribution in [0.2, 0.25) is 5.02 Å². The Labute approximate surface area is 132 Å². The van der Waals surface area contributed by atoms with E-state index in [-0.39, 0.29) is 22.4 Å². The lowest BCUT2D eigenvalue weighted by Gasteiger charge is -2.11. The summed E-state index contributed by atoms with van der Waals surface area (Å²) in [5.74, 6) is 0.0703. The number of hydrogen-bond donors (Lipinski definition) is 1. The Kier molecular flexibility index (Phi) is 4.98. The van der Waals surface area contributed by atoms with Crippen LogP contribution in [0.25, 0.3) is 0 Å². The van der Waals surface area contributed by atoms with Crippen molar-refractivity contribution in [1.29, 1.82) is 0 Å². The van der Waals surface area contributed by atoms with Crippen molar-refractivity contribution < 1.29 is 13.9 Å². The fourth-order valence-electron chi connectivity index (χ4n) is 1.79. The van der Waals surface area contributed by atoms with Crippen molar-refractivity contribution in [3.8, 4) is 11.5 Å². The third kappa shape index (κ3) is 3.62. The molecule has 0 atom stereocenters. The molecule has 6 heteroatoms. The SMILES string of the molecule is COc1cc(COc2cccc(Cl)c2F)ccc1C(N)=S. The van der Waals surface area contributed by atoms with Crippen LogP contribution in [-0.4, -0.2) is 12.1 Å². The van der Waals surface area contributed by atoms with Crippen molar-refractivity contribution in [1.82, 2.24) is 0 Å². The predicted octanol–water partition coefficient (Wildman–Crippen LogP) is 3.70. The average Bonchev–Trinajstić information content (AvgIpc) is 2.48. The molecule has 0 fully saturated rings. The smallest absolute Gasteiger partial charge is 0.183 e. The maximum absolute atomic E-state index is 13.7. The van der Waals surface area contributed by atoms with Gasteiger partial charge in [0.25, 0.3) is 0 Å². The van der Waals surface area contributed by atoms with Crippen molar-refractivity contribution in [3.63, 3.8) is 0 Å². The number of benzene rings is 2. The summed E-state index contributed by atoms with van der Waals surface area (Å²) in [5, 5.41) is 0.0221. The summed E-state index contributed by atoms with van der Waals surface area (Å²) >= 11 is 10.6. The highest BCUT2D eigenvalue weighted by Crippen LogP contribution is 2.26. The highest BCUT2D eigenvalue weighted by molar-refractivity contribution is 7.80. The first kappa shape index (κ1) is 15.5. The molecule has 0 aliphatic rings. The minimum atomic E-state index is -0.578. The normalized spacial score (nSPS) is 10.2. The van der Waals surface area contributed by atoms with Crippen LogP contribution >= 0.6 is 23.8 Å². The molecule has 0 saturated carbocycles. The number of methoxy groups -OCH3 is 1. The third-order valence-corrected chi connectivity index (χ3v) is 3.35. The van der Waals surface area contributed by atoms with Gasteiger partial charge in [-0.3, -0.25) is 0 Å². The van der Waals surface area contributed by atoms with Crippen molar-refractivity contribution >= 4 is 28.8 Å². The quantitative estimate of drug-likeness (QED) is 0.851. The monoisotopic (exact) mass is 325 g/mol. The van der Waals surface area contributed by atoms with E-state index in [0.717, 1.165) is 5.56 Å². The lowest BCUT2D eigenvalue weighted by atomic mass is 10.1.